The summed E-state index contributed by atoms with van der Waals surface area (Å²) in [7, 11) is 1.39. The molecule has 25 heavy (non-hydrogen) atoms. The Kier molecular flexibility index (Phi) is 5.31. The van der Waals surface area contributed by atoms with Crippen molar-refractivity contribution in [2.24, 2.45) is 5.92 Å². The molecule has 2 N–H and O–H groups in total. The van der Waals surface area contributed by atoms with Crippen LogP contribution >= 0.6 is 0 Å². The van der Waals surface area contributed by atoms with Gasteiger partial charge in [0.05, 0.1) is 7.11 Å². The zero-order valence-electron chi connectivity index (χ0n) is 14.2. The summed E-state index contributed by atoms with van der Waals surface area (Å²) in [4.78, 5) is 12.6. The molecule has 1 saturated heterocycles. The first-order valence-electron chi connectivity index (χ1n) is 7.82. The molecule has 138 valence electrons. The fourth-order valence-corrected chi connectivity index (χ4v) is 2.45. The third kappa shape index (κ3) is 3.89. The number of ether oxygens (including phenoxy) is 1. The molecule has 1 aromatic carbocycles. The van der Waals surface area contributed by atoms with E-state index in [4.69, 9.17) is 4.74 Å². The minimum Gasteiger partial charge on any atom is -0.497 e. The predicted molar refractivity (Wildman–Crippen MR) is 85.5 cm³/mol. The Balaban J connectivity index is 2.37. The normalized spacial score (nSPS) is 22.4. The van der Waals surface area contributed by atoms with E-state index in [1.807, 2.05) is 13.8 Å². The first kappa shape index (κ1) is 19.1. The Morgan fingerprint density at radius 1 is 1.48 bits per heavy atom. The van der Waals surface area contributed by atoms with Crippen molar-refractivity contribution in [3.05, 3.63) is 41.6 Å². The molecule has 1 amide bonds. The average molecular weight is 358 g/mol. The van der Waals surface area contributed by atoms with E-state index in [9.17, 15) is 23.1 Å². The van der Waals surface area contributed by atoms with E-state index in [1.165, 1.54) is 25.3 Å². The molecule has 0 spiro atoms. The van der Waals surface area contributed by atoms with Crippen molar-refractivity contribution in [1.82, 2.24) is 10.4 Å². The van der Waals surface area contributed by atoms with Crippen LogP contribution in [0.5, 0.6) is 5.75 Å². The van der Waals surface area contributed by atoms with Gasteiger partial charge in [0.1, 0.15) is 5.75 Å². The number of nitrogens with zero attached hydrogens (tertiary/aromatic N) is 1. The molecule has 0 bridgehead atoms. The molecule has 1 fully saturated rings. The third-order valence-electron chi connectivity index (χ3n) is 3.87. The van der Waals surface area contributed by atoms with E-state index in [-0.39, 0.29) is 22.2 Å². The molecule has 1 heterocycles. The summed E-state index contributed by atoms with van der Waals surface area (Å²) in [6.07, 6.45) is -3.65. The summed E-state index contributed by atoms with van der Waals surface area (Å²) in [5.41, 5.74) is -0.767. The summed E-state index contributed by atoms with van der Waals surface area (Å²) in [6.45, 7) is 3.84. The first-order chi connectivity index (χ1) is 11.6. The second-order valence-corrected chi connectivity index (χ2v) is 6.33. The van der Waals surface area contributed by atoms with Crippen LogP contribution in [0.25, 0.3) is 0 Å². The highest BCUT2D eigenvalue weighted by atomic mass is 19.4. The molecular weight excluding hydrogens is 337 g/mol. The number of rotatable bonds is 4. The summed E-state index contributed by atoms with van der Waals surface area (Å²) in [5, 5.41) is 10.5. The van der Waals surface area contributed by atoms with Crippen LogP contribution in [0.1, 0.15) is 37.0 Å². The van der Waals surface area contributed by atoms with Gasteiger partial charge in [0.2, 0.25) is 0 Å². The summed E-state index contributed by atoms with van der Waals surface area (Å²) in [6, 6.07) is 5.73. The lowest BCUT2D eigenvalue weighted by Gasteiger charge is -2.33. The van der Waals surface area contributed by atoms with Crippen LogP contribution in [0.4, 0.5) is 13.2 Å². The van der Waals surface area contributed by atoms with Crippen LogP contribution in [0.3, 0.4) is 0 Å². The van der Waals surface area contributed by atoms with Gasteiger partial charge < -0.3 is 9.84 Å². The Bertz CT molecular complexity index is 673. The summed E-state index contributed by atoms with van der Waals surface area (Å²) >= 11 is 0. The second kappa shape index (κ2) is 6.95. The number of hydrogen-bond acceptors (Lipinski definition) is 4. The number of allylic oxidation sites excluding steroid dienone is 1. The lowest BCUT2D eigenvalue weighted by atomic mass is 10.0. The highest BCUT2D eigenvalue weighted by molar-refractivity contribution is 5.95. The molecule has 0 aromatic heterocycles. The monoisotopic (exact) mass is 358 g/mol. The van der Waals surface area contributed by atoms with Crippen molar-refractivity contribution < 1.29 is 27.8 Å². The van der Waals surface area contributed by atoms with Gasteiger partial charge >= 0.3 is 6.18 Å². The molecule has 1 aliphatic heterocycles. The number of alkyl halides is 3. The number of halogens is 3. The number of methoxy groups -OCH3 is 1. The highest BCUT2D eigenvalue weighted by Crippen LogP contribution is 2.41. The van der Waals surface area contributed by atoms with Crippen LogP contribution in [-0.2, 0) is 0 Å². The van der Waals surface area contributed by atoms with E-state index in [1.54, 1.807) is 12.1 Å². The number of hydrogen-bond donors (Lipinski definition) is 2. The number of benzene rings is 1. The molecule has 5 nitrogen and oxygen atoms in total. The van der Waals surface area contributed by atoms with Crippen LogP contribution in [0.15, 0.2) is 36.0 Å². The molecule has 1 atom stereocenters. The van der Waals surface area contributed by atoms with Gasteiger partial charge in [0, 0.05) is 17.7 Å². The van der Waals surface area contributed by atoms with E-state index >= 15 is 0 Å². The van der Waals surface area contributed by atoms with Gasteiger partial charge in [0.25, 0.3) is 11.6 Å². The van der Waals surface area contributed by atoms with Crippen molar-refractivity contribution >= 4 is 5.91 Å². The van der Waals surface area contributed by atoms with Crippen LogP contribution in [0, 0.1) is 5.92 Å². The average Bonchev–Trinajstić information content (AvgIpc) is 2.90. The maximum absolute atomic E-state index is 13.5. The molecule has 1 unspecified atom stereocenters. The standard InChI is InChI=1S/C17H21F3N2O3/c1-11(2)7-8-13-10-16(24,17(18,19)20)22(21-13)15(23)12-5-4-6-14(9-12)25-3/h4-6,8-9,11,21,24H,7,10H2,1-3H3. The van der Waals surface area contributed by atoms with Crippen molar-refractivity contribution in [1.29, 1.82) is 0 Å². The third-order valence-corrected chi connectivity index (χ3v) is 3.87. The van der Waals surface area contributed by atoms with Gasteiger partial charge in [-0.2, -0.15) is 13.2 Å². The number of carbonyl (C=O) groups is 1. The van der Waals surface area contributed by atoms with E-state index < -0.39 is 24.2 Å². The number of nitrogens with one attached hydrogen (secondary N) is 1. The van der Waals surface area contributed by atoms with Crippen molar-refractivity contribution in [2.75, 3.05) is 7.11 Å². The Morgan fingerprint density at radius 3 is 2.72 bits per heavy atom. The van der Waals surface area contributed by atoms with E-state index in [2.05, 4.69) is 5.43 Å². The Labute approximate surface area is 144 Å². The largest absolute Gasteiger partial charge is 0.497 e. The molecular formula is C17H21F3N2O3. The van der Waals surface area contributed by atoms with Crippen LogP contribution in [-0.4, -0.2) is 35.0 Å². The van der Waals surface area contributed by atoms with Gasteiger partial charge in [-0.15, -0.1) is 0 Å². The zero-order chi connectivity index (χ0) is 18.8. The quantitative estimate of drug-likeness (QED) is 0.868. The molecule has 1 aromatic rings. The molecule has 8 heteroatoms. The summed E-state index contributed by atoms with van der Waals surface area (Å²) in [5.74, 6) is -0.431. The summed E-state index contributed by atoms with van der Waals surface area (Å²) < 4.78 is 45.3. The smallest absolute Gasteiger partial charge is 0.438 e. The SMILES string of the molecule is COc1cccc(C(=O)N2NC(=CCC(C)C)CC2(O)C(F)(F)F)c1. The fourth-order valence-electron chi connectivity index (χ4n) is 2.45. The van der Waals surface area contributed by atoms with Crippen molar-refractivity contribution in [3.8, 4) is 5.75 Å². The predicted octanol–water partition coefficient (Wildman–Crippen LogP) is 3.23. The van der Waals surface area contributed by atoms with Gasteiger partial charge in [-0.25, -0.2) is 5.01 Å². The highest BCUT2D eigenvalue weighted by Gasteiger charge is 2.63. The maximum Gasteiger partial charge on any atom is 0.438 e. The number of amides is 1. The molecule has 2 rings (SSSR count). The number of hydrazine groups is 1. The second-order valence-electron chi connectivity index (χ2n) is 6.33. The van der Waals surface area contributed by atoms with Gasteiger partial charge in [-0.05, 0) is 30.5 Å². The molecule has 1 aliphatic rings. The lowest BCUT2D eigenvalue weighted by Crippen LogP contribution is -2.59. The van der Waals surface area contributed by atoms with Gasteiger partial charge in [-0.3, -0.25) is 10.2 Å². The maximum atomic E-state index is 13.5. The van der Waals surface area contributed by atoms with Gasteiger partial charge in [-0.1, -0.05) is 26.0 Å². The van der Waals surface area contributed by atoms with Crippen LogP contribution < -0.4 is 10.2 Å². The van der Waals surface area contributed by atoms with E-state index in [0.29, 0.717) is 12.2 Å². The van der Waals surface area contributed by atoms with Crippen LogP contribution in [0.2, 0.25) is 0 Å². The molecule has 0 aliphatic carbocycles. The minimum absolute atomic E-state index is 0.0281. The minimum atomic E-state index is -5.01. The number of carbonyl (C=O) groups excluding carboxylic acids is 1. The van der Waals surface area contributed by atoms with Crippen molar-refractivity contribution in [3.63, 3.8) is 0 Å². The molecule has 0 radical (unpaired) electrons. The van der Waals surface area contributed by atoms with E-state index in [0.717, 1.165) is 0 Å². The Morgan fingerprint density at radius 2 is 2.16 bits per heavy atom. The first-order valence-corrected chi connectivity index (χ1v) is 7.82. The lowest BCUT2D eigenvalue weighted by molar-refractivity contribution is -0.299. The molecule has 0 saturated carbocycles. The Hall–Kier alpha value is -2.22. The van der Waals surface area contributed by atoms with Gasteiger partial charge in [0.15, 0.2) is 0 Å². The topological polar surface area (TPSA) is 61.8 Å². The zero-order valence-corrected chi connectivity index (χ0v) is 14.2. The van der Waals surface area contributed by atoms with Crippen molar-refractivity contribution in [2.45, 2.75) is 38.6 Å². The number of aliphatic hydroxyl groups is 1. The fraction of sp³-hybridized carbons (Fsp3) is 0.471.